The third-order valence-electron chi connectivity index (χ3n) is 4.05. The first-order valence-electron chi connectivity index (χ1n) is 7.04. The summed E-state index contributed by atoms with van der Waals surface area (Å²) < 4.78 is 0. The highest BCUT2D eigenvalue weighted by Crippen LogP contribution is 2.26. The van der Waals surface area contributed by atoms with Gasteiger partial charge in [0.2, 0.25) is 0 Å². The predicted octanol–water partition coefficient (Wildman–Crippen LogP) is 3.63. The molecule has 0 heterocycles. The zero-order valence-corrected chi connectivity index (χ0v) is 11.9. The van der Waals surface area contributed by atoms with Crippen molar-refractivity contribution >= 4 is 0 Å². The molecule has 0 radical (unpaired) electrons. The van der Waals surface area contributed by atoms with Crippen molar-refractivity contribution in [3.63, 3.8) is 0 Å². The quantitative estimate of drug-likeness (QED) is 0.878. The van der Waals surface area contributed by atoms with Crippen molar-refractivity contribution < 1.29 is 5.11 Å². The van der Waals surface area contributed by atoms with E-state index in [1.54, 1.807) is 0 Å². The van der Waals surface area contributed by atoms with Crippen LogP contribution in [0.25, 0.3) is 0 Å². The Bertz CT molecular complexity index is 385. The Morgan fingerprint density at radius 3 is 2.28 bits per heavy atom. The SMILES string of the molecule is Cc1cc(CN(C)CC2CCCC2)cc(C)c1O. The fraction of sp³-hybridized carbons (Fsp3) is 0.625. The van der Waals surface area contributed by atoms with Crippen LogP contribution in [0, 0.1) is 19.8 Å². The largest absolute Gasteiger partial charge is 0.507 e. The summed E-state index contributed by atoms with van der Waals surface area (Å²) in [6, 6.07) is 4.21. The summed E-state index contributed by atoms with van der Waals surface area (Å²) in [7, 11) is 2.20. The van der Waals surface area contributed by atoms with Crippen LogP contribution in [0.5, 0.6) is 5.75 Å². The number of rotatable bonds is 4. The van der Waals surface area contributed by atoms with E-state index in [0.29, 0.717) is 5.75 Å². The van der Waals surface area contributed by atoms with Crippen LogP contribution in [0.4, 0.5) is 0 Å². The highest BCUT2D eigenvalue weighted by atomic mass is 16.3. The number of phenolic OH excluding ortho intramolecular Hbond substituents is 1. The van der Waals surface area contributed by atoms with Gasteiger partial charge in [0, 0.05) is 13.1 Å². The molecule has 100 valence electrons. The number of aryl methyl sites for hydroxylation is 2. The van der Waals surface area contributed by atoms with Gasteiger partial charge in [-0.25, -0.2) is 0 Å². The first-order valence-corrected chi connectivity index (χ1v) is 7.04. The zero-order chi connectivity index (χ0) is 13.1. The Morgan fingerprint density at radius 1 is 1.17 bits per heavy atom. The topological polar surface area (TPSA) is 23.5 Å². The molecule has 0 bridgehead atoms. The highest BCUT2D eigenvalue weighted by molar-refractivity contribution is 5.42. The summed E-state index contributed by atoms with van der Waals surface area (Å²) in [4.78, 5) is 2.42. The van der Waals surface area contributed by atoms with Crippen molar-refractivity contribution in [3.8, 4) is 5.75 Å². The minimum absolute atomic E-state index is 0.442. The lowest BCUT2D eigenvalue weighted by Gasteiger charge is -2.21. The first kappa shape index (κ1) is 13.4. The van der Waals surface area contributed by atoms with Crippen LogP contribution < -0.4 is 0 Å². The van der Waals surface area contributed by atoms with Gasteiger partial charge in [-0.1, -0.05) is 25.0 Å². The maximum atomic E-state index is 9.78. The van der Waals surface area contributed by atoms with Crippen LogP contribution >= 0.6 is 0 Å². The van der Waals surface area contributed by atoms with Crippen molar-refractivity contribution in [2.45, 2.75) is 46.1 Å². The van der Waals surface area contributed by atoms with Crippen molar-refractivity contribution in [2.24, 2.45) is 5.92 Å². The van der Waals surface area contributed by atoms with Gasteiger partial charge in [0.1, 0.15) is 5.75 Å². The summed E-state index contributed by atoms with van der Waals surface area (Å²) in [6.45, 7) is 6.14. The molecule has 18 heavy (non-hydrogen) atoms. The van der Waals surface area contributed by atoms with Crippen molar-refractivity contribution in [3.05, 3.63) is 28.8 Å². The lowest BCUT2D eigenvalue weighted by molar-refractivity contribution is 0.271. The van der Waals surface area contributed by atoms with E-state index < -0.39 is 0 Å². The minimum Gasteiger partial charge on any atom is -0.507 e. The van der Waals surface area contributed by atoms with E-state index in [0.717, 1.165) is 23.6 Å². The smallest absolute Gasteiger partial charge is 0.121 e. The van der Waals surface area contributed by atoms with Gasteiger partial charge in [0.25, 0.3) is 0 Å². The Labute approximate surface area is 111 Å². The van der Waals surface area contributed by atoms with Crippen LogP contribution in [0.3, 0.4) is 0 Å². The van der Waals surface area contributed by atoms with Crippen LogP contribution in [-0.4, -0.2) is 23.6 Å². The van der Waals surface area contributed by atoms with Gasteiger partial charge in [0.05, 0.1) is 0 Å². The maximum absolute atomic E-state index is 9.78. The second-order valence-electron chi connectivity index (χ2n) is 5.93. The van der Waals surface area contributed by atoms with E-state index in [2.05, 4.69) is 24.1 Å². The minimum atomic E-state index is 0.442. The molecule has 0 unspecified atom stereocenters. The van der Waals surface area contributed by atoms with E-state index in [-0.39, 0.29) is 0 Å². The van der Waals surface area contributed by atoms with Crippen LogP contribution in [0.15, 0.2) is 12.1 Å². The maximum Gasteiger partial charge on any atom is 0.121 e. The van der Waals surface area contributed by atoms with Gasteiger partial charge < -0.3 is 10.0 Å². The molecule has 2 rings (SSSR count). The molecule has 0 spiro atoms. The molecular weight excluding hydrogens is 222 g/mol. The predicted molar refractivity (Wildman–Crippen MR) is 75.9 cm³/mol. The molecule has 0 atom stereocenters. The Balaban J connectivity index is 1.95. The summed E-state index contributed by atoms with van der Waals surface area (Å²) >= 11 is 0. The van der Waals surface area contributed by atoms with Crippen molar-refractivity contribution in [1.82, 2.24) is 4.90 Å². The molecule has 1 saturated carbocycles. The van der Waals surface area contributed by atoms with Gasteiger partial charge in [-0.2, -0.15) is 0 Å². The molecule has 0 amide bonds. The lowest BCUT2D eigenvalue weighted by atomic mass is 10.0. The second kappa shape index (κ2) is 5.75. The monoisotopic (exact) mass is 247 g/mol. The van der Waals surface area contributed by atoms with Crippen LogP contribution in [0.2, 0.25) is 0 Å². The fourth-order valence-corrected chi connectivity index (χ4v) is 3.15. The molecule has 1 fully saturated rings. The summed E-state index contributed by atoms with van der Waals surface area (Å²) in [5.74, 6) is 1.34. The Morgan fingerprint density at radius 2 is 1.72 bits per heavy atom. The molecule has 0 aliphatic heterocycles. The molecule has 2 heteroatoms. The zero-order valence-electron chi connectivity index (χ0n) is 11.9. The third-order valence-corrected chi connectivity index (χ3v) is 4.05. The van der Waals surface area contributed by atoms with Crippen LogP contribution in [0.1, 0.15) is 42.4 Å². The summed E-state index contributed by atoms with van der Waals surface area (Å²) in [5, 5.41) is 9.78. The summed E-state index contributed by atoms with van der Waals surface area (Å²) in [5.41, 5.74) is 3.28. The highest BCUT2D eigenvalue weighted by Gasteiger charge is 2.17. The van der Waals surface area contributed by atoms with Crippen molar-refractivity contribution in [2.75, 3.05) is 13.6 Å². The van der Waals surface area contributed by atoms with Gasteiger partial charge in [-0.3, -0.25) is 0 Å². The molecule has 0 saturated heterocycles. The normalized spacial score (nSPS) is 16.7. The second-order valence-corrected chi connectivity index (χ2v) is 5.93. The fourth-order valence-electron chi connectivity index (χ4n) is 3.15. The molecular formula is C16H25NO. The van der Waals surface area contributed by atoms with Gasteiger partial charge in [0.15, 0.2) is 0 Å². The average molecular weight is 247 g/mol. The molecule has 1 aliphatic carbocycles. The van der Waals surface area contributed by atoms with Gasteiger partial charge in [-0.05, 0) is 56.3 Å². The standard InChI is InChI=1S/C16H25NO/c1-12-8-15(9-13(2)16(12)18)11-17(3)10-14-6-4-5-7-14/h8-9,14,18H,4-7,10-11H2,1-3H3. The number of benzene rings is 1. The van der Waals surface area contributed by atoms with E-state index in [1.807, 2.05) is 13.8 Å². The van der Waals surface area contributed by atoms with Crippen molar-refractivity contribution in [1.29, 1.82) is 0 Å². The average Bonchev–Trinajstić information content (AvgIpc) is 2.78. The van der Waals surface area contributed by atoms with E-state index in [4.69, 9.17) is 0 Å². The summed E-state index contributed by atoms with van der Waals surface area (Å²) in [6.07, 6.45) is 5.63. The third kappa shape index (κ3) is 3.26. The molecule has 1 N–H and O–H groups in total. The molecule has 1 aromatic carbocycles. The molecule has 1 aromatic rings. The molecule has 0 aromatic heterocycles. The van der Waals surface area contributed by atoms with E-state index in [9.17, 15) is 5.11 Å². The lowest BCUT2D eigenvalue weighted by Crippen LogP contribution is -2.24. The first-order chi connectivity index (χ1) is 8.56. The van der Waals surface area contributed by atoms with E-state index >= 15 is 0 Å². The Kier molecular flexibility index (Phi) is 4.28. The number of aromatic hydroxyl groups is 1. The molecule has 2 nitrogen and oxygen atoms in total. The Hall–Kier alpha value is -1.02. The number of hydrogen-bond acceptors (Lipinski definition) is 2. The number of hydrogen-bond donors (Lipinski definition) is 1. The number of nitrogens with zero attached hydrogens (tertiary/aromatic N) is 1. The van der Waals surface area contributed by atoms with E-state index in [1.165, 1.54) is 37.8 Å². The van der Waals surface area contributed by atoms with Gasteiger partial charge >= 0.3 is 0 Å². The molecule has 1 aliphatic rings. The number of phenols is 1. The van der Waals surface area contributed by atoms with Crippen LogP contribution in [-0.2, 0) is 6.54 Å². The van der Waals surface area contributed by atoms with Gasteiger partial charge in [-0.15, -0.1) is 0 Å².